The van der Waals surface area contributed by atoms with E-state index < -0.39 is 25.4 Å². The third-order valence-electron chi connectivity index (χ3n) is 2.76. The number of alkyl carbamates (subject to hydrolysis) is 1. The quantitative estimate of drug-likeness (QED) is 0.263. The van der Waals surface area contributed by atoms with Crippen molar-refractivity contribution in [1.29, 1.82) is 0 Å². The number of methoxy groups -OCH3 is 1. The molecule has 1 rings (SSSR count). The van der Waals surface area contributed by atoms with Crippen LogP contribution in [0.15, 0.2) is 30.3 Å². The van der Waals surface area contributed by atoms with Crippen molar-refractivity contribution >= 4 is 19.7 Å². The Kier molecular flexibility index (Phi) is 9.85. The van der Waals surface area contributed by atoms with Gasteiger partial charge in [-0.05, 0) is 19.4 Å². The van der Waals surface area contributed by atoms with Gasteiger partial charge in [0.25, 0.3) is 0 Å². The molecule has 0 aliphatic rings. The molecule has 0 radical (unpaired) electrons. The van der Waals surface area contributed by atoms with Gasteiger partial charge in [-0.2, -0.15) is 0 Å². The van der Waals surface area contributed by atoms with Crippen LogP contribution in [0.4, 0.5) is 4.79 Å². The highest BCUT2D eigenvalue weighted by atomic mass is 31.2. The predicted octanol–water partition coefficient (Wildman–Crippen LogP) is 2.54. The zero-order valence-electron chi connectivity index (χ0n) is 14.7. The molecular weight excluding hydrogens is 369 g/mol. The van der Waals surface area contributed by atoms with Gasteiger partial charge in [0.1, 0.15) is 6.61 Å². The number of amides is 1. The van der Waals surface area contributed by atoms with Crippen molar-refractivity contribution in [2.75, 3.05) is 20.3 Å². The molecule has 0 saturated heterocycles. The molecule has 1 unspecified atom stereocenters. The summed E-state index contributed by atoms with van der Waals surface area (Å²) < 4.78 is 31.6. The number of hydrogen-bond donors (Lipinski definition) is 1. The topological polar surface area (TPSA) is 119 Å². The molecule has 0 aliphatic heterocycles. The lowest BCUT2D eigenvalue weighted by atomic mass is 10.2. The van der Waals surface area contributed by atoms with Crippen LogP contribution < -0.4 is 5.32 Å². The molecule has 10 nitrogen and oxygen atoms in total. The molecule has 26 heavy (non-hydrogen) atoms. The number of ether oxygens (including phenoxy) is 2. The SMILES string of the molecule is CCOOP(=O)(OOCC)C(NC(=O)OCc1ccccc1)C(=O)OC. The lowest BCUT2D eigenvalue weighted by Gasteiger charge is -2.23. The number of rotatable bonds is 11. The fraction of sp³-hybridized carbons (Fsp3) is 0.467. The first-order valence-corrected chi connectivity index (χ1v) is 9.35. The molecule has 0 aromatic heterocycles. The normalized spacial score (nSPS) is 12.3. The standard InChI is InChI=1S/C15H22NO9P/c1-4-22-24-26(19,25-23-5-2)13(14(17)20-3)16-15(18)21-11-12-9-7-6-8-10-12/h6-10,13H,4-5,11H2,1-3H3,(H,16,18). The first-order chi connectivity index (χ1) is 12.5. The molecule has 146 valence electrons. The molecule has 1 atom stereocenters. The van der Waals surface area contributed by atoms with E-state index in [2.05, 4.69) is 29.2 Å². The molecule has 0 saturated carbocycles. The Morgan fingerprint density at radius 3 is 2.15 bits per heavy atom. The van der Waals surface area contributed by atoms with Crippen molar-refractivity contribution < 1.29 is 42.8 Å². The monoisotopic (exact) mass is 391 g/mol. The molecule has 0 heterocycles. The predicted molar refractivity (Wildman–Crippen MR) is 88.6 cm³/mol. The average Bonchev–Trinajstić information content (AvgIpc) is 2.67. The number of carbonyl (C=O) groups is 2. The summed E-state index contributed by atoms with van der Waals surface area (Å²) in [6, 6.07) is 8.84. The molecule has 0 bridgehead atoms. The Morgan fingerprint density at radius 2 is 1.65 bits per heavy atom. The van der Waals surface area contributed by atoms with E-state index in [9.17, 15) is 14.2 Å². The average molecular weight is 391 g/mol. The smallest absolute Gasteiger partial charge is 0.417 e. The van der Waals surface area contributed by atoms with E-state index in [-0.39, 0.29) is 19.8 Å². The lowest BCUT2D eigenvalue weighted by molar-refractivity contribution is -0.264. The number of esters is 1. The van der Waals surface area contributed by atoms with E-state index in [1.165, 1.54) is 0 Å². The molecular formula is C15H22NO9P. The number of hydrogen-bond acceptors (Lipinski definition) is 9. The highest BCUT2D eigenvalue weighted by molar-refractivity contribution is 7.55. The molecule has 0 fully saturated rings. The maximum absolute atomic E-state index is 12.8. The third kappa shape index (κ3) is 7.11. The largest absolute Gasteiger partial charge is 0.467 e. The second-order valence-electron chi connectivity index (χ2n) is 4.63. The Bertz CT molecular complexity index is 598. The van der Waals surface area contributed by atoms with Crippen molar-refractivity contribution in [1.82, 2.24) is 5.32 Å². The summed E-state index contributed by atoms with van der Waals surface area (Å²) in [4.78, 5) is 33.2. The minimum atomic E-state index is -4.42. The van der Waals surface area contributed by atoms with Crippen LogP contribution in [0.2, 0.25) is 0 Å². The highest BCUT2D eigenvalue weighted by Gasteiger charge is 2.47. The van der Waals surface area contributed by atoms with Gasteiger partial charge < -0.3 is 9.47 Å². The van der Waals surface area contributed by atoms with E-state index in [4.69, 9.17) is 4.74 Å². The van der Waals surface area contributed by atoms with E-state index in [0.29, 0.717) is 0 Å². The fourth-order valence-corrected chi connectivity index (χ4v) is 2.93. The summed E-state index contributed by atoms with van der Waals surface area (Å²) in [7, 11) is -3.38. The number of benzene rings is 1. The molecule has 1 N–H and O–H groups in total. The Morgan fingerprint density at radius 1 is 1.08 bits per heavy atom. The summed E-state index contributed by atoms with van der Waals surface area (Å²) in [6.07, 6.45) is -1.04. The van der Waals surface area contributed by atoms with Gasteiger partial charge in [0, 0.05) is 0 Å². The van der Waals surface area contributed by atoms with Gasteiger partial charge in [0.15, 0.2) is 0 Å². The Hall–Kier alpha value is -1.97. The molecule has 0 aliphatic carbocycles. The van der Waals surface area contributed by atoms with Gasteiger partial charge in [0.05, 0.1) is 20.3 Å². The van der Waals surface area contributed by atoms with Crippen molar-refractivity contribution in [3.63, 3.8) is 0 Å². The second-order valence-corrected chi connectivity index (χ2v) is 6.53. The summed E-state index contributed by atoms with van der Waals surface area (Å²) in [5.74, 6) is -2.95. The zero-order valence-corrected chi connectivity index (χ0v) is 15.6. The summed E-state index contributed by atoms with van der Waals surface area (Å²) >= 11 is 0. The first kappa shape index (κ1) is 22.1. The Balaban J connectivity index is 2.83. The van der Waals surface area contributed by atoms with E-state index in [0.717, 1.165) is 12.7 Å². The van der Waals surface area contributed by atoms with Gasteiger partial charge in [0.2, 0.25) is 5.78 Å². The van der Waals surface area contributed by atoms with Gasteiger partial charge >= 0.3 is 19.7 Å². The van der Waals surface area contributed by atoms with Crippen LogP contribution in [0.5, 0.6) is 0 Å². The summed E-state index contributed by atoms with van der Waals surface area (Å²) in [6.45, 7) is 3.06. The van der Waals surface area contributed by atoms with Crippen LogP contribution in [-0.2, 0) is 44.6 Å². The van der Waals surface area contributed by atoms with Crippen molar-refractivity contribution in [2.24, 2.45) is 0 Å². The zero-order chi connectivity index (χ0) is 19.4. The minimum absolute atomic E-state index is 0.00578. The maximum Gasteiger partial charge on any atom is 0.417 e. The van der Waals surface area contributed by atoms with Crippen molar-refractivity contribution in [3.05, 3.63) is 35.9 Å². The summed E-state index contributed by atoms with van der Waals surface area (Å²) in [5, 5.41) is 2.09. The van der Waals surface area contributed by atoms with Crippen LogP contribution in [-0.4, -0.2) is 38.2 Å². The highest BCUT2D eigenvalue weighted by Crippen LogP contribution is 2.53. The van der Waals surface area contributed by atoms with E-state index in [1.54, 1.807) is 38.1 Å². The van der Waals surface area contributed by atoms with Crippen LogP contribution in [0.25, 0.3) is 0 Å². The molecule has 1 amide bonds. The first-order valence-electron chi connectivity index (χ1n) is 7.74. The van der Waals surface area contributed by atoms with Crippen molar-refractivity contribution in [3.8, 4) is 0 Å². The van der Waals surface area contributed by atoms with Gasteiger partial charge in [-0.3, -0.25) is 9.88 Å². The maximum atomic E-state index is 12.8. The van der Waals surface area contributed by atoms with Gasteiger partial charge in [-0.1, -0.05) is 30.3 Å². The van der Waals surface area contributed by atoms with Crippen LogP contribution >= 0.6 is 7.60 Å². The third-order valence-corrected chi connectivity index (χ3v) is 4.36. The van der Waals surface area contributed by atoms with Crippen LogP contribution in [0.3, 0.4) is 0 Å². The number of carbonyl (C=O) groups excluding carboxylic acids is 2. The molecule has 11 heteroatoms. The van der Waals surface area contributed by atoms with Crippen molar-refractivity contribution in [2.45, 2.75) is 26.2 Å². The Labute approximate surface area is 151 Å². The number of nitrogens with one attached hydrogen (secondary N) is 1. The molecule has 0 spiro atoms. The fourth-order valence-electron chi connectivity index (χ4n) is 1.61. The van der Waals surface area contributed by atoms with Gasteiger partial charge in [-0.15, -0.1) is 9.35 Å². The van der Waals surface area contributed by atoms with E-state index >= 15 is 0 Å². The molecule has 1 aromatic carbocycles. The summed E-state index contributed by atoms with van der Waals surface area (Å²) in [5.41, 5.74) is 0.719. The second kappa shape index (κ2) is 11.6. The molecule has 1 aromatic rings. The lowest BCUT2D eigenvalue weighted by Crippen LogP contribution is -2.42. The van der Waals surface area contributed by atoms with E-state index in [1.807, 2.05) is 6.07 Å². The van der Waals surface area contributed by atoms with Crippen LogP contribution in [0, 0.1) is 0 Å². The van der Waals surface area contributed by atoms with Crippen LogP contribution in [0.1, 0.15) is 19.4 Å². The minimum Gasteiger partial charge on any atom is -0.467 e. The van der Waals surface area contributed by atoms with Gasteiger partial charge in [-0.25, -0.2) is 19.4 Å².